The number of nitrogens with one attached hydrogen (secondary N) is 1. The maximum absolute atomic E-state index is 13.1. The number of carbonyl (C=O) groups excluding carboxylic acids is 2. The van der Waals surface area contributed by atoms with Crippen molar-refractivity contribution in [2.24, 2.45) is 5.41 Å². The Bertz CT molecular complexity index is 843. The van der Waals surface area contributed by atoms with Crippen molar-refractivity contribution in [2.45, 2.75) is 11.3 Å². The maximum Gasteiger partial charge on any atom is 0.319 e. The zero-order valence-electron chi connectivity index (χ0n) is 15.3. The second kappa shape index (κ2) is 7.29. The van der Waals surface area contributed by atoms with E-state index in [0.717, 1.165) is 0 Å². The van der Waals surface area contributed by atoms with E-state index in [1.807, 2.05) is 0 Å². The number of amides is 3. The third-order valence-corrected chi connectivity index (χ3v) is 7.07. The predicted molar refractivity (Wildman–Crippen MR) is 101 cm³/mol. The molecule has 3 amide bonds. The summed E-state index contributed by atoms with van der Waals surface area (Å²) in [6.07, 6.45) is 0.191. The van der Waals surface area contributed by atoms with Crippen LogP contribution in [-0.2, 0) is 14.8 Å². The number of nitrogens with zero attached hydrogens (tertiary/aromatic N) is 3. The van der Waals surface area contributed by atoms with Crippen LogP contribution in [0.2, 0.25) is 5.02 Å². The second-order valence-electron chi connectivity index (χ2n) is 7.34. The van der Waals surface area contributed by atoms with Gasteiger partial charge < -0.3 is 15.1 Å². The first-order valence-corrected chi connectivity index (χ1v) is 10.4. The lowest BCUT2D eigenvalue weighted by Crippen LogP contribution is -2.47. The molecule has 2 heterocycles. The van der Waals surface area contributed by atoms with Crippen molar-refractivity contribution >= 4 is 33.6 Å². The van der Waals surface area contributed by atoms with Gasteiger partial charge in [0.05, 0.1) is 4.90 Å². The SMILES string of the molecule is CN(C)C(=O)N1CCN(S(=O)(=O)c2ccc(Cl)cc2)C[C@@]2(CNC(=O)C2)C1. The van der Waals surface area contributed by atoms with Crippen LogP contribution < -0.4 is 5.32 Å². The smallest absolute Gasteiger partial charge is 0.319 e. The van der Waals surface area contributed by atoms with Crippen molar-refractivity contribution in [1.82, 2.24) is 19.4 Å². The molecule has 0 aliphatic carbocycles. The Kier molecular flexibility index (Phi) is 5.38. The second-order valence-corrected chi connectivity index (χ2v) is 9.72. The van der Waals surface area contributed by atoms with Crippen LogP contribution in [0.15, 0.2) is 29.2 Å². The van der Waals surface area contributed by atoms with Gasteiger partial charge in [-0.05, 0) is 24.3 Å². The van der Waals surface area contributed by atoms with Crippen molar-refractivity contribution in [2.75, 3.05) is 46.8 Å². The van der Waals surface area contributed by atoms with E-state index in [-0.39, 0.29) is 42.9 Å². The van der Waals surface area contributed by atoms with E-state index in [2.05, 4.69) is 5.32 Å². The van der Waals surface area contributed by atoms with Gasteiger partial charge in [0.25, 0.3) is 0 Å². The largest absolute Gasteiger partial charge is 0.355 e. The van der Waals surface area contributed by atoms with Gasteiger partial charge in [0.15, 0.2) is 0 Å². The van der Waals surface area contributed by atoms with Gasteiger partial charge in [0, 0.05) is 63.7 Å². The summed E-state index contributed by atoms with van der Waals surface area (Å²) in [4.78, 5) is 27.6. The minimum atomic E-state index is -3.77. The van der Waals surface area contributed by atoms with E-state index < -0.39 is 15.4 Å². The Labute approximate surface area is 164 Å². The van der Waals surface area contributed by atoms with Crippen molar-refractivity contribution < 1.29 is 18.0 Å². The van der Waals surface area contributed by atoms with Gasteiger partial charge >= 0.3 is 6.03 Å². The monoisotopic (exact) mass is 414 g/mol. The summed E-state index contributed by atoms with van der Waals surface area (Å²) < 4.78 is 27.7. The molecule has 1 N–H and O–H groups in total. The molecule has 1 aromatic rings. The van der Waals surface area contributed by atoms with Crippen LogP contribution in [0.25, 0.3) is 0 Å². The van der Waals surface area contributed by atoms with Crippen LogP contribution in [-0.4, -0.2) is 81.3 Å². The molecule has 27 heavy (non-hydrogen) atoms. The highest BCUT2D eigenvalue weighted by molar-refractivity contribution is 7.89. The highest BCUT2D eigenvalue weighted by Gasteiger charge is 2.46. The van der Waals surface area contributed by atoms with Gasteiger partial charge in [0.2, 0.25) is 15.9 Å². The third kappa shape index (κ3) is 4.04. The molecular weight excluding hydrogens is 392 g/mol. The van der Waals surface area contributed by atoms with E-state index in [0.29, 0.717) is 18.1 Å². The van der Waals surface area contributed by atoms with Crippen LogP contribution in [0.5, 0.6) is 0 Å². The molecule has 1 aromatic carbocycles. The van der Waals surface area contributed by atoms with E-state index in [9.17, 15) is 18.0 Å². The van der Waals surface area contributed by atoms with E-state index in [4.69, 9.17) is 11.6 Å². The molecule has 0 bridgehead atoms. The fourth-order valence-electron chi connectivity index (χ4n) is 3.60. The molecular formula is C17H23ClN4O4S. The minimum Gasteiger partial charge on any atom is -0.355 e. The normalized spacial score (nSPS) is 24.0. The first kappa shape index (κ1) is 19.9. The number of carbonyl (C=O) groups is 2. The molecule has 0 radical (unpaired) electrons. The summed E-state index contributed by atoms with van der Waals surface area (Å²) in [5, 5.41) is 3.24. The first-order chi connectivity index (χ1) is 12.6. The van der Waals surface area contributed by atoms with Gasteiger partial charge in [-0.15, -0.1) is 0 Å². The molecule has 0 aromatic heterocycles. The molecule has 2 saturated heterocycles. The number of hydrogen-bond donors (Lipinski definition) is 1. The lowest BCUT2D eigenvalue weighted by molar-refractivity contribution is -0.119. The highest BCUT2D eigenvalue weighted by atomic mass is 35.5. The Morgan fingerprint density at radius 1 is 1.19 bits per heavy atom. The van der Waals surface area contributed by atoms with Crippen molar-refractivity contribution in [1.29, 1.82) is 0 Å². The standard InChI is InChI=1S/C17H23ClN4O4S/c1-20(2)16(24)21-7-8-22(12-17(11-21)9-15(23)19-10-17)27(25,26)14-5-3-13(18)4-6-14/h3-6H,7-12H2,1-2H3,(H,19,23)/t17-/m0/s1. The molecule has 0 unspecified atom stereocenters. The van der Waals surface area contributed by atoms with Gasteiger partial charge in [-0.2, -0.15) is 4.31 Å². The van der Waals surface area contributed by atoms with E-state index in [1.54, 1.807) is 19.0 Å². The molecule has 3 rings (SSSR count). The molecule has 8 nitrogen and oxygen atoms in total. The van der Waals surface area contributed by atoms with E-state index >= 15 is 0 Å². The lowest BCUT2D eigenvalue weighted by Gasteiger charge is -2.33. The number of halogens is 1. The van der Waals surface area contributed by atoms with Crippen LogP contribution in [0.1, 0.15) is 6.42 Å². The van der Waals surface area contributed by atoms with Crippen LogP contribution in [0.3, 0.4) is 0 Å². The summed E-state index contributed by atoms with van der Waals surface area (Å²) in [5.41, 5.74) is -0.640. The summed E-state index contributed by atoms with van der Waals surface area (Å²) in [6, 6.07) is 5.81. The third-order valence-electron chi connectivity index (χ3n) is 4.96. The average Bonchev–Trinajstić information content (AvgIpc) is 2.85. The van der Waals surface area contributed by atoms with Gasteiger partial charge in [-0.1, -0.05) is 11.6 Å². The Hall–Kier alpha value is -1.84. The molecule has 2 aliphatic heterocycles. The number of urea groups is 1. The summed E-state index contributed by atoms with van der Waals surface area (Å²) in [5.74, 6) is -0.127. The summed E-state index contributed by atoms with van der Waals surface area (Å²) in [7, 11) is -0.462. The van der Waals surface area contributed by atoms with Crippen molar-refractivity contribution in [3.8, 4) is 0 Å². The molecule has 148 valence electrons. The fraction of sp³-hybridized carbons (Fsp3) is 0.529. The van der Waals surface area contributed by atoms with Gasteiger partial charge in [-0.3, -0.25) is 4.79 Å². The topological polar surface area (TPSA) is 90.0 Å². The summed E-state index contributed by atoms with van der Waals surface area (Å²) in [6.45, 7) is 1.28. The Morgan fingerprint density at radius 2 is 1.85 bits per heavy atom. The fourth-order valence-corrected chi connectivity index (χ4v) is 5.27. The van der Waals surface area contributed by atoms with E-state index in [1.165, 1.54) is 33.5 Å². The summed E-state index contributed by atoms with van der Waals surface area (Å²) >= 11 is 5.87. The van der Waals surface area contributed by atoms with Crippen LogP contribution >= 0.6 is 11.6 Å². The number of hydrogen-bond acceptors (Lipinski definition) is 4. The zero-order valence-corrected chi connectivity index (χ0v) is 16.9. The maximum atomic E-state index is 13.1. The number of benzene rings is 1. The molecule has 10 heteroatoms. The molecule has 2 aliphatic rings. The zero-order chi connectivity index (χ0) is 19.8. The van der Waals surface area contributed by atoms with Crippen molar-refractivity contribution in [3.05, 3.63) is 29.3 Å². The average molecular weight is 415 g/mol. The minimum absolute atomic E-state index is 0.127. The lowest BCUT2D eigenvalue weighted by atomic mass is 9.86. The first-order valence-electron chi connectivity index (χ1n) is 8.62. The number of sulfonamides is 1. The quantitative estimate of drug-likeness (QED) is 0.776. The molecule has 1 spiro atoms. The molecule has 2 fully saturated rings. The van der Waals surface area contributed by atoms with Crippen LogP contribution in [0.4, 0.5) is 4.79 Å². The Morgan fingerprint density at radius 3 is 2.41 bits per heavy atom. The van der Waals surface area contributed by atoms with Gasteiger partial charge in [-0.25, -0.2) is 13.2 Å². The molecule has 1 atom stereocenters. The predicted octanol–water partition coefficient (Wildman–Crippen LogP) is 0.834. The Balaban J connectivity index is 1.93. The van der Waals surface area contributed by atoms with Crippen molar-refractivity contribution in [3.63, 3.8) is 0 Å². The van der Waals surface area contributed by atoms with Gasteiger partial charge in [0.1, 0.15) is 0 Å². The number of rotatable bonds is 2. The van der Waals surface area contributed by atoms with Crippen LogP contribution in [0, 0.1) is 5.41 Å². The highest BCUT2D eigenvalue weighted by Crippen LogP contribution is 2.33. The molecule has 0 saturated carbocycles.